The Morgan fingerprint density at radius 2 is 1.58 bits per heavy atom. The molecule has 0 saturated carbocycles. The number of hydrogen-bond acceptors (Lipinski definition) is 6. The Kier molecular flexibility index (Phi) is 6.04. The van der Waals surface area contributed by atoms with E-state index in [4.69, 9.17) is 13.7 Å². The average molecular weight is 371 g/mol. The molecule has 6 nitrogen and oxygen atoms in total. The van der Waals surface area contributed by atoms with E-state index < -0.39 is 15.9 Å². The van der Waals surface area contributed by atoms with Crippen LogP contribution in [-0.2, 0) is 31.1 Å². The van der Waals surface area contributed by atoms with Gasteiger partial charge in [0.25, 0.3) is 0 Å². The molecule has 0 radical (unpaired) electrons. The number of hydrogen-bond donors (Lipinski definition) is 0. The maximum absolute atomic E-state index is 12.4. The SMILES string of the molecule is C=COC(C#N)(OC=C)c1ccccc1OS(=O)(=O)Cc1ccccc1. The summed E-state index contributed by atoms with van der Waals surface area (Å²) in [5.41, 5.74) is 0.639. The molecule has 0 N–H and O–H groups in total. The van der Waals surface area contributed by atoms with E-state index in [0.29, 0.717) is 5.56 Å². The van der Waals surface area contributed by atoms with Crippen molar-refractivity contribution in [3.63, 3.8) is 0 Å². The van der Waals surface area contributed by atoms with Crippen molar-refractivity contribution in [2.45, 2.75) is 11.5 Å². The molecule has 26 heavy (non-hydrogen) atoms. The van der Waals surface area contributed by atoms with Gasteiger partial charge < -0.3 is 13.7 Å². The molecule has 0 aliphatic carbocycles. The highest BCUT2D eigenvalue weighted by atomic mass is 32.2. The molecule has 0 fully saturated rings. The van der Waals surface area contributed by atoms with Crippen LogP contribution in [0.15, 0.2) is 80.3 Å². The van der Waals surface area contributed by atoms with Crippen molar-refractivity contribution >= 4 is 10.1 Å². The van der Waals surface area contributed by atoms with E-state index in [9.17, 15) is 13.7 Å². The molecule has 0 heterocycles. The van der Waals surface area contributed by atoms with Gasteiger partial charge in [0.15, 0.2) is 11.8 Å². The van der Waals surface area contributed by atoms with Crippen molar-refractivity contribution in [2.24, 2.45) is 0 Å². The van der Waals surface area contributed by atoms with Gasteiger partial charge in [0.05, 0.1) is 18.1 Å². The van der Waals surface area contributed by atoms with E-state index in [0.717, 1.165) is 12.5 Å². The van der Waals surface area contributed by atoms with Crippen molar-refractivity contribution < 1.29 is 22.1 Å². The van der Waals surface area contributed by atoms with E-state index in [1.165, 1.54) is 12.1 Å². The second kappa shape index (κ2) is 8.23. The highest BCUT2D eigenvalue weighted by Crippen LogP contribution is 2.35. The second-order valence-corrected chi connectivity index (χ2v) is 6.64. The molecule has 0 aliphatic heterocycles. The largest absolute Gasteiger partial charge is 0.445 e. The van der Waals surface area contributed by atoms with Crippen molar-refractivity contribution in [1.82, 2.24) is 0 Å². The van der Waals surface area contributed by atoms with Crippen molar-refractivity contribution in [2.75, 3.05) is 0 Å². The molecule has 0 spiro atoms. The molecule has 0 aromatic heterocycles. The van der Waals surface area contributed by atoms with Gasteiger partial charge in [0, 0.05) is 0 Å². The Morgan fingerprint density at radius 3 is 2.15 bits per heavy atom. The summed E-state index contributed by atoms with van der Waals surface area (Å²) >= 11 is 0. The molecule has 2 aromatic carbocycles. The summed E-state index contributed by atoms with van der Waals surface area (Å²) in [5.74, 6) is -2.39. The fourth-order valence-corrected chi connectivity index (χ4v) is 3.34. The van der Waals surface area contributed by atoms with Gasteiger partial charge in [-0.05, 0) is 17.7 Å². The minimum atomic E-state index is -3.98. The fourth-order valence-electron chi connectivity index (χ4n) is 2.26. The topological polar surface area (TPSA) is 85.6 Å². The maximum Gasteiger partial charge on any atom is 0.372 e. The monoisotopic (exact) mass is 371 g/mol. The van der Waals surface area contributed by atoms with Gasteiger partial charge in [-0.2, -0.15) is 13.7 Å². The van der Waals surface area contributed by atoms with E-state index in [1.807, 2.05) is 6.07 Å². The highest BCUT2D eigenvalue weighted by molar-refractivity contribution is 7.86. The summed E-state index contributed by atoms with van der Waals surface area (Å²) < 4.78 is 40.5. The van der Waals surface area contributed by atoms with Gasteiger partial charge in [-0.1, -0.05) is 55.6 Å². The van der Waals surface area contributed by atoms with Crippen LogP contribution in [-0.4, -0.2) is 8.42 Å². The van der Waals surface area contributed by atoms with Crippen molar-refractivity contribution in [3.8, 4) is 11.8 Å². The number of ether oxygens (including phenoxy) is 2. The third-order valence-electron chi connectivity index (χ3n) is 3.29. The maximum atomic E-state index is 12.4. The minimum Gasteiger partial charge on any atom is -0.445 e. The highest BCUT2D eigenvalue weighted by Gasteiger charge is 2.39. The quantitative estimate of drug-likeness (QED) is 0.380. The van der Waals surface area contributed by atoms with Gasteiger partial charge in [-0.25, -0.2) is 0 Å². The standard InChI is InChI=1S/C19H17NO5S/c1-3-23-19(15-20,24-4-2)17-12-8-9-13-18(17)25-26(21,22)14-16-10-6-5-7-11-16/h3-13H,1-2,14H2. The molecule has 0 unspecified atom stereocenters. The molecular weight excluding hydrogens is 354 g/mol. The molecule has 2 rings (SSSR count). The summed E-state index contributed by atoms with van der Waals surface area (Å²) in [7, 11) is -3.98. The van der Waals surface area contributed by atoms with Crippen LogP contribution in [0.2, 0.25) is 0 Å². The lowest BCUT2D eigenvalue weighted by atomic mass is 10.1. The predicted octanol–water partition coefficient (Wildman–Crippen LogP) is 3.59. The zero-order valence-corrected chi connectivity index (χ0v) is 14.7. The van der Waals surface area contributed by atoms with Crippen LogP contribution in [0, 0.1) is 11.3 Å². The average Bonchev–Trinajstić information content (AvgIpc) is 2.62. The van der Waals surface area contributed by atoms with Crippen LogP contribution in [0.4, 0.5) is 0 Å². The molecular formula is C19H17NO5S. The minimum absolute atomic E-state index is 0.0685. The number of nitrogens with zero attached hydrogens (tertiary/aromatic N) is 1. The smallest absolute Gasteiger partial charge is 0.372 e. The Balaban J connectivity index is 2.41. The molecule has 0 aliphatic rings. The first-order valence-electron chi connectivity index (χ1n) is 7.50. The number of nitriles is 1. The van der Waals surface area contributed by atoms with Crippen LogP contribution in [0.25, 0.3) is 0 Å². The van der Waals surface area contributed by atoms with E-state index in [2.05, 4.69) is 13.2 Å². The zero-order valence-electron chi connectivity index (χ0n) is 13.9. The lowest BCUT2D eigenvalue weighted by molar-refractivity contribution is -0.134. The summed E-state index contributed by atoms with van der Waals surface area (Å²) in [5, 5.41) is 9.55. The van der Waals surface area contributed by atoms with Gasteiger partial charge >= 0.3 is 15.9 Å². The molecule has 0 saturated heterocycles. The lowest BCUT2D eigenvalue weighted by Gasteiger charge is -2.26. The molecule has 0 atom stereocenters. The van der Waals surface area contributed by atoms with Crippen LogP contribution >= 0.6 is 0 Å². The summed E-state index contributed by atoms with van der Waals surface area (Å²) in [6.07, 6.45) is 2.03. The van der Waals surface area contributed by atoms with E-state index >= 15 is 0 Å². The van der Waals surface area contributed by atoms with Crippen LogP contribution in [0.5, 0.6) is 5.75 Å². The first-order valence-corrected chi connectivity index (χ1v) is 9.08. The number of benzene rings is 2. The first-order chi connectivity index (χ1) is 12.5. The molecule has 0 amide bonds. The van der Waals surface area contributed by atoms with Crippen LogP contribution in [0.3, 0.4) is 0 Å². The lowest BCUT2D eigenvalue weighted by Crippen LogP contribution is -2.29. The third-order valence-corrected chi connectivity index (χ3v) is 4.41. The second-order valence-electron chi connectivity index (χ2n) is 5.06. The van der Waals surface area contributed by atoms with Crippen molar-refractivity contribution in [3.05, 3.63) is 91.4 Å². The predicted molar refractivity (Wildman–Crippen MR) is 96.0 cm³/mol. The van der Waals surface area contributed by atoms with Gasteiger partial charge in [0.1, 0.15) is 5.75 Å². The Bertz CT molecular complexity index is 906. The molecule has 7 heteroatoms. The number of para-hydroxylation sites is 1. The molecule has 2 aromatic rings. The first kappa shape index (κ1) is 19.1. The van der Waals surface area contributed by atoms with Crippen LogP contribution < -0.4 is 4.18 Å². The summed E-state index contributed by atoms with van der Waals surface area (Å²) in [4.78, 5) is 0. The van der Waals surface area contributed by atoms with E-state index in [-0.39, 0.29) is 17.1 Å². The summed E-state index contributed by atoms with van der Waals surface area (Å²) in [6.45, 7) is 6.83. The normalized spacial score (nSPS) is 11.0. The summed E-state index contributed by atoms with van der Waals surface area (Å²) in [6, 6.07) is 16.5. The Labute approximate surface area is 152 Å². The Hall–Kier alpha value is -3.24. The zero-order chi connectivity index (χ0) is 19.0. The Morgan fingerprint density at radius 1 is 1.00 bits per heavy atom. The molecule has 134 valence electrons. The third kappa shape index (κ3) is 4.43. The molecule has 0 bridgehead atoms. The van der Waals surface area contributed by atoms with Gasteiger partial charge in [-0.3, -0.25) is 0 Å². The van der Waals surface area contributed by atoms with Gasteiger partial charge in [0.2, 0.25) is 0 Å². The van der Waals surface area contributed by atoms with Crippen molar-refractivity contribution in [1.29, 1.82) is 5.26 Å². The number of rotatable bonds is 9. The van der Waals surface area contributed by atoms with Gasteiger partial charge in [-0.15, -0.1) is 0 Å². The fraction of sp³-hybridized carbons (Fsp3) is 0.105. The van der Waals surface area contributed by atoms with Crippen LogP contribution in [0.1, 0.15) is 11.1 Å². The van der Waals surface area contributed by atoms with E-state index in [1.54, 1.807) is 42.5 Å².